The van der Waals surface area contributed by atoms with Gasteiger partial charge >= 0.3 is 5.97 Å². The van der Waals surface area contributed by atoms with Crippen LogP contribution in [0.2, 0.25) is 0 Å². The standard InChI is InChI=1S/C12H26N2O4S/c1-4-14(5-2)9-6-7-11(3)13-19(17,18)10-8-12(15)16/h11,13H,4-10H2,1-3H3,(H,15,16). The first-order chi connectivity index (χ1) is 8.80. The molecule has 0 amide bonds. The second kappa shape index (κ2) is 9.28. The van der Waals surface area contributed by atoms with E-state index < -0.39 is 16.0 Å². The summed E-state index contributed by atoms with van der Waals surface area (Å²) in [5.41, 5.74) is 0. The minimum absolute atomic E-state index is 0.158. The number of sulfonamides is 1. The molecule has 1 atom stereocenters. The van der Waals surface area contributed by atoms with E-state index in [-0.39, 0.29) is 18.2 Å². The molecule has 7 heteroatoms. The van der Waals surface area contributed by atoms with E-state index in [1.165, 1.54) is 0 Å². The maximum Gasteiger partial charge on any atom is 0.304 e. The predicted octanol–water partition coefficient (Wildman–Crippen LogP) is 0.891. The Balaban J connectivity index is 3.96. The molecule has 0 rings (SSSR count). The van der Waals surface area contributed by atoms with Crippen LogP contribution in [-0.2, 0) is 14.8 Å². The molecule has 0 aromatic heterocycles. The average molecular weight is 294 g/mol. The molecule has 19 heavy (non-hydrogen) atoms. The van der Waals surface area contributed by atoms with Gasteiger partial charge in [-0.25, -0.2) is 13.1 Å². The number of aliphatic carboxylic acids is 1. The summed E-state index contributed by atoms with van der Waals surface area (Å²) in [4.78, 5) is 12.6. The second-order valence-corrected chi connectivity index (χ2v) is 6.52. The molecular weight excluding hydrogens is 268 g/mol. The number of nitrogens with one attached hydrogen (secondary N) is 1. The Labute approximate surface area is 116 Å². The van der Waals surface area contributed by atoms with Crippen molar-refractivity contribution in [3.05, 3.63) is 0 Å². The lowest BCUT2D eigenvalue weighted by atomic mass is 10.2. The van der Waals surface area contributed by atoms with Crippen molar-refractivity contribution in [1.82, 2.24) is 9.62 Å². The minimum Gasteiger partial charge on any atom is -0.481 e. The van der Waals surface area contributed by atoms with E-state index in [4.69, 9.17) is 5.11 Å². The quantitative estimate of drug-likeness (QED) is 0.591. The molecular formula is C12H26N2O4S. The third kappa shape index (κ3) is 9.86. The van der Waals surface area contributed by atoms with E-state index in [9.17, 15) is 13.2 Å². The molecule has 0 fully saturated rings. The Kier molecular flexibility index (Phi) is 8.95. The minimum atomic E-state index is -3.48. The topological polar surface area (TPSA) is 86.7 Å². The molecule has 0 heterocycles. The summed E-state index contributed by atoms with van der Waals surface area (Å²) in [7, 11) is -3.48. The largest absolute Gasteiger partial charge is 0.481 e. The number of rotatable bonds is 11. The van der Waals surface area contributed by atoms with Crippen molar-refractivity contribution in [1.29, 1.82) is 0 Å². The first kappa shape index (κ1) is 18.3. The van der Waals surface area contributed by atoms with E-state index >= 15 is 0 Å². The Morgan fingerprint density at radius 1 is 1.32 bits per heavy atom. The van der Waals surface area contributed by atoms with Crippen LogP contribution in [0.4, 0.5) is 0 Å². The number of hydrogen-bond acceptors (Lipinski definition) is 4. The van der Waals surface area contributed by atoms with Gasteiger partial charge in [0.15, 0.2) is 0 Å². The maximum absolute atomic E-state index is 11.6. The Morgan fingerprint density at radius 3 is 2.37 bits per heavy atom. The smallest absolute Gasteiger partial charge is 0.304 e. The molecule has 0 aliphatic heterocycles. The van der Waals surface area contributed by atoms with Gasteiger partial charge < -0.3 is 10.0 Å². The molecule has 114 valence electrons. The van der Waals surface area contributed by atoms with Gasteiger partial charge in [0.05, 0.1) is 12.2 Å². The third-order valence-corrected chi connectivity index (χ3v) is 4.47. The van der Waals surface area contributed by atoms with Crippen LogP contribution < -0.4 is 4.72 Å². The Morgan fingerprint density at radius 2 is 1.89 bits per heavy atom. The van der Waals surface area contributed by atoms with Gasteiger partial charge in [-0.3, -0.25) is 4.79 Å². The lowest BCUT2D eigenvalue weighted by Gasteiger charge is -2.19. The van der Waals surface area contributed by atoms with Gasteiger partial charge in [0.25, 0.3) is 0 Å². The summed E-state index contributed by atoms with van der Waals surface area (Å²) < 4.78 is 25.7. The number of carboxylic acids is 1. The van der Waals surface area contributed by atoms with E-state index in [0.29, 0.717) is 0 Å². The average Bonchev–Trinajstić information content (AvgIpc) is 2.32. The van der Waals surface area contributed by atoms with Gasteiger partial charge in [-0.1, -0.05) is 13.8 Å². The van der Waals surface area contributed by atoms with Crippen molar-refractivity contribution in [3.63, 3.8) is 0 Å². The van der Waals surface area contributed by atoms with Gasteiger partial charge in [0, 0.05) is 6.04 Å². The normalized spacial score (nSPS) is 13.7. The Hall–Kier alpha value is -0.660. The number of nitrogens with zero attached hydrogens (tertiary/aromatic N) is 1. The van der Waals surface area contributed by atoms with Gasteiger partial charge in [-0.15, -0.1) is 0 Å². The van der Waals surface area contributed by atoms with Gasteiger partial charge in [0.2, 0.25) is 10.0 Å². The molecule has 0 aromatic rings. The lowest BCUT2D eigenvalue weighted by molar-refractivity contribution is -0.136. The summed E-state index contributed by atoms with van der Waals surface area (Å²) in [6, 6.07) is -0.158. The summed E-state index contributed by atoms with van der Waals surface area (Å²) in [6.07, 6.45) is 1.31. The highest BCUT2D eigenvalue weighted by atomic mass is 32.2. The summed E-state index contributed by atoms with van der Waals surface area (Å²) >= 11 is 0. The van der Waals surface area contributed by atoms with Crippen molar-refractivity contribution in [2.24, 2.45) is 0 Å². The number of carbonyl (C=O) groups is 1. The van der Waals surface area contributed by atoms with E-state index in [0.717, 1.165) is 32.5 Å². The fraction of sp³-hybridized carbons (Fsp3) is 0.917. The highest BCUT2D eigenvalue weighted by Gasteiger charge is 2.16. The van der Waals surface area contributed by atoms with Crippen LogP contribution in [0.5, 0.6) is 0 Å². The van der Waals surface area contributed by atoms with Crippen LogP contribution in [0.3, 0.4) is 0 Å². The molecule has 0 spiro atoms. The first-order valence-electron chi connectivity index (χ1n) is 6.74. The predicted molar refractivity (Wildman–Crippen MR) is 75.7 cm³/mol. The van der Waals surface area contributed by atoms with Crippen LogP contribution in [0, 0.1) is 0 Å². The zero-order valence-electron chi connectivity index (χ0n) is 12.1. The van der Waals surface area contributed by atoms with Gasteiger partial charge in [-0.05, 0) is 39.4 Å². The molecule has 6 nitrogen and oxygen atoms in total. The Bertz CT molecular complexity index is 353. The van der Waals surface area contributed by atoms with Crippen molar-refractivity contribution in [3.8, 4) is 0 Å². The molecule has 2 N–H and O–H groups in total. The first-order valence-corrected chi connectivity index (χ1v) is 8.40. The lowest BCUT2D eigenvalue weighted by Crippen LogP contribution is -2.35. The molecule has 0 aliphatic carbocycles. The van der Waals surface area contributed by atoms with E-state index in [1.54, 1.807) is 6.92 Å². The summed E-state index contributed by atoms with van der Waals surface area (Å²) in [6.45, 7) is 8.95. The molecule has 0 radical (unpaired) electrons. The molecule has 1 unspecified atom stereocenters. The number of carboxylic acid groups (broad SMARTS) is 1. The van der Waals surface area contributed by atoms with Crippen LogP contribution in [-0.4, -0.2) is 55.8 Å². The highest BCUT2D eigenvalue weighted by molar-refractivity contribution is 7.89. The SMILES string of the molecule is CCN(CC)CCCC(C)NS(=O)(=O)CCC(=O)O. The van der Waals surface area contributed by atoms with Crippen molar-refractivity contribution in [2.45, 2.75) is 46.1 Å². The maximum atomic E-state index is 11.6. The van der Waals surface area contributed by atoms with Crippen LogP contribution in [0.1, 0.15) is 40.0 Å². The molecule has 0 aromatic carbocycles. The highest BCUT2D eigenvalue weighted by Crippen LogP contribution is 2.02. The number of hydrogen-bond donors (Lipinski definition) is 2. The summed E-state index contributed by atoms with van der Waals surface area (Å²) in [5.74, 6) is -1.46. The van der Waals surface area contributed by atoms with Crippen LogP contribution in [0.15, 0.2) is 0 Å². The van der Waals surface area contributed by atoms with Crippen LogP contribution in [0.25, 0.3) is 0 Å². The molecule has 0 saturated carbocycles. The molecule has 0 bridgehead atoms. The zero-order valence-corrected chi connectivity index (χ0v) is 12.9. The van der Waals surface area contributed by atoms with Gasteiger partial charge in [0.1, 0.15) is 0 Å². The van der Waals surface area contributed by atoms with Gasteiger partial charge in [-0.2, -0.15) is 0 Å². The van der Waals surface area contributed by atoms with E-state index in [1.807, 2.05) is 0 Å². The fourth-order valence-electron chi connectivity index (χ4n) is 1.81. The zero-order chi connectivity index (χ0) is 14.9. The fourth-order valence-corrected chi connectivity index (χ4v) is 3.10. The summed E-state index contributed by atoms with van der Waals surface area (Å²) in [5, 5.41) is 8.47. The van der Waals surface area contributed by atoms with E-state index in [2.05, 4.69) is 23.5 Å². The van der Waals surface area contributed by atoms with Crippen LogP contribution >= 0.6 is 0 Å². The van der Waals surface area contributed by atoms with Crippen molar-refractivity contribution in [2.75, 3.05) is 25.4 Å². The third-order valence-electron chi connectivity index (χ3n) is 2.97. The monoisotopic (exact) mass is 294 g/mol. The van der Waals surface area contributed by atoms with Crippen molar-refractivity contribution >= 4 is 16.0 Å². The van der Waals surface area contributed by atoms with Crippen molar-refractivity contribution < 1.29 is 18.3 Å². The second-order valence-electron chi connectivity index (χ2n) is 4.65. The molecule has 0 aliphatic rings. The molecule has 0 saturated heterocycles.